The fourth-order valence-corrected chi connectivity index (χ4v) is 1.64. The molecular formula is C10H11N7. The standard InChI is InChI=1S/C10H11N7/c1-17-5-6(4-13-17)14-10-15-8(11)7-2-3-12-9(7)16-10/h2-5H,1H3,(H4,11,12,14,15,16). The number of rotatable bonds is 2. The highest BCUT2D eigenvalue weighted by Crippen LogP contribution is 2.19. The summed E-state index contributed by atoms with van der Waals surface area (Å²) in [6.45, 7) is 0. The van der Waals surface area contributed by atoms with Crippen molar-refractivity contribution < 1.29 is 0 Å². The summed E-state index contributed by atoms with van der Waals surface area (Å²) in [6.07, 6.45) is 5.31. The number of hydrogen-bond acceptors (Lipinski definition) is 5. The van der Waals surface area contributed by atoms with Gasteiger partial charge in [0.15, 0.2) is 0 Å². The summed E-state index contributed by atoms with van der Waals surface area (Å²) in [5.41, 5.74) is 7.36. The van der Waals surface area contributed by atoms with Crippen LogP contribution in [0.3, 0.4) is 0 Å². The van der Waals surface area contributed by atoms with Crippen LogP contribution in [0.2, 0.25) is 0 Å². The highest BCUT2D eigenvalue weighted by molar-refractivity contribution is 5.87. The third kappa shape index (κ3) is 1.67. The van der Waals surface area contributed by atoms with E-state index in [1.807, 2.05) is 19.3 Å². The summed E-state index contributed by atoms with van der Waals surface area (Å²) < 4.78 is 1.69. The maximum Gasteiger partial charge on any atom is 0.231 e. The summed E-state index contributed by atoms with van der Waals surface area (Å²) >= 11 is 0. The molecule has 0 saturated heterocycles. The maximum atomic E-state index is 5.83. The van der Waals surface area contributed by atoms with Gasteiger partial charge in [0, 0.05) is 19.4 Å². The largest absolute Gasteiger partial charge is 0.383 e. The van der Waals surface area contributed by atoms with E-state index in [4.69, 9.17) is 5.73 Å². The first-order valence-electron chi connectivity index (χ1n) is 5.08. The van der Waals surface area contributed by atoms with E-state index in [1.54, 1.807) is 17.1 Å². The zero-order chi connectivity index (χ0) is 11.8. The first-order valence-corrected chi connectivity index (χ1v) is 5.08. The van der Waals surface area contributed by atoms with Crippen molar-refractivity contribution in [3.63, 3.8) is 0 Å². The van der Waals surface area contributed by atoms with Crippen LogP contribution in [-0.2, 0) is 7.05 Å². The third-order valence-corrected chi connectivity index (χ3v) is 2.41. The summed E-state index contributed by atoms with van der Waals surface area (Å²) in [4.78, 5) is 11.5. The second kappa shape index (κ2) is 3.48. The first kappa shape index (κ1) is 9.64. The lowest BCUT2D eigenvalue weighted by Gasteiger charge is -2.03. The van der Waals surface area contributed by atoms with Crippen molar-refractivity contribution in [2.45, 2.75) is 0 Å². The molecule has 3 aromatic heterocycles. The molecule has 0 saturated carbocycles. The van der Waals surface area contributed by atoms with Gasteiger partial charge >= 0.3 is 0 Å². The van der Waals surface area contributed by atoms with Gasteiger partial charge in [0.1, 0.15) is 11.5 Å². The van der Waals surface area contributed by atoms with Crippen LogP contribution >= 0.6 is 0 Å². The summed E-state index contributed by atoms with van der Waals surface area (Å²) in [6, 6.07) is 1.85. The number of anilines is 3. The number of nitrogens with two attached hydrogens (primary N) is 1. The Morgan fingerprint density at radius 2 is 2.29 bits per heavy atom. The molecule has 0 aliphatic heterocycles. The molecule has 3 rings (SSSR count). The van der Waals surface area contributed by atoms with E-state index >= 15 is 0 Å². The molecule has 0 atom stereocenters. The molecule has 0 aromatic carbocycles. The van der Waals surface area contributed by atoms with Crippen LogP contribution < -0.4 is 11.1 Å². The normalized spacial score (nSPS) is 10.9. The van der Waals surface area contributed by atoms with E-state index in [2.05, 4.69) is 25.4 Å². The van der Waals surface area contributed by atoms with E-state index < -0.39 is 0 Å². The molecule has 3 heterocycles. The number of H-pyrrole nitrogens is 1. The molecular weight excluding hydrogens is 218 g/mol. The number of fused-ring (bicyclic) bond motifs is 1. The zero-order valence-corrected chi connectivity index (χ0v) is 9.18. The minimum Gasteiger partial charge on any atom is -0.383 e. The van der Waals surface area contributed by atoms with Crippen molar-refractivity contribution in [1.29, 1.82) is 0 Å². The molecule has 0 radical (unpaired) electrons. The molecule has 7 nitrogen and oxygen atoms in total. The van der Waals surface area contributed by atoms with Crippen LogP contribution in [0.5, 0.6) is 0 Å². The fraction of sp³-hybridized carbons (Fsp3) is 0.100. The topological polar surface area (TPSA) is 97.4 Å². The Labute approximate surface area is 96.7 Å². The number of nitrogen functional groups attached to an aromatic ring is 1. The molecule has 0 unspecified atom stereocenters. The Morgan fingerprint density at radius 1 is 1.41 bits per heavy atom. The molecule has 17 heavy (non-hydrogen) atoms. The van der Waals surface area contributed by atoms with Crippen LogP contribution in [0.4, 0.5) is 17.5 Å². The number of aryl methyl sites for hydroxylation is 1. The molecule has 0 amide bonds. The van der Waals surface area contributed by atoms with Crippen molar-refractivity contribution in [3.05, 3.63) is 24.7 Å². The molecule has 4 N–H and O–H groups in total. The smallest absolute Gasteiger partial charge is 0.231 e. The van der Waals surface area contributed by atoms with Gasteiger partial charge in [-0.15, -0.1) is 0 Å². The van der Waals surface area contributed by atoms with Gasteiger partial charge in [0.05, 0.1) is 17.3 Å². The van der Waals surface area contributed by atoms with Gasteiger partial charge in [-0.1, -0.05) is 0 Å². The lowest BCUT2D eigenvalue weighted by Crippen LogP contribution is -2.00. The zero-order valence-electron chi connectivity index (χ0n) is 9.18. The van der Waals surface area contributed by atoms with Gasteiger partial charge < -0.3 is 16.0 Å². The number of nitrogens with one attached hydrogen (secondary N) is 2. The summed E-state index contributed by atoms with van der Waals surface area (Å²) in [7, 11) is 1.84. The third-order valence-electron chi connectivity index (χ3n) is 2.41. The molecule has 3 aromatic rings. The average molecular weight is 229 g/mol. The van der Waals surface area contributed by atoms with Crippen LogP contribution in [-0.4, -0.2) is 24.7 Å². The van der Waals surface area contributed by atoms with Crippen LogP contribution in [0.1, 0.15) is 0 Å². The van der Waals surface area contributed by atoms with Crippen molar-refractivity contribution in [3.8, 4) is 0 Å². The highest BCUT2D eigenvalue weighted by atomic mass is 15.3. The quantitative estimate of drug-likeness (QED) is 0.609. The molecule has 0 spiro atoms. The van der Waals surface area contributed by atoms with Gasteiger partial charge in [0.25, 0.3) is 0 Å². The Bertz CT molecular complexity index is 666. The maximum absolute atomic E-state index is 5.83. The number of hydrogen-bond donors (Lipinski definition) is 3. The van der Waals surface area contributed by atoms with Gasteiger partial charge in [-0.05, 0) is 6.07 Å². The van der Waals surface area contributed by atoms with E-state index in [0.29, 0.717) is 17.4 Å². The first-order chi connectivity index (χ1) is 8.22. The van der Waals surface area contributed by atoms with E-state index in [9.17, 15) is 0 Å². The second-order valence-electron chi connectivity index (χ2n) is 3.70. The van der Waals surface area contributed by atoms with Crippen molar-refractivity contribution in [2.24, 2.45) is 7.05 Å². The monoisotopic (exact) mass is 229 g/mol. The Morgan fingerprint density at radius 3 is 3.06 bits per heavy atom. The van der Waals surface area contributed by atoms with Crippen LogP contribution in [0.25, 0.3) is 11.0 Å². The number of aromatic amines is 1. The van der Waals surface area contributed by atoms with Gasteiger partial charge in [-0.2, -0.15) is 15.1 Å². The van der Waals surface area contributed by atoms with Gasteiger partial charge in [0.2, 0.25) is 5.95 Å². The Hall–Kier alpha value is -2.57. The molecule has 0 bridgehead atoms. The van der Waals surface area contributed by atoms with E-state index in [-0.39, 0.29) is 0 Å². The lowest BCUT2D eigenvalue weighted by atomic mass is 10.4. The minimum absolute atomic E-state index is 0.447. The molecule has 0 fully saturated rings. The highest BCUT2D eigenvalue weighted by Gasteiger charge is 2.06. The fourth-order valence-electron chi connectivity index (χ4n) is 1.64. The van der Waals surface area contributed by atoms with Crippen LogP contribution in [0.15, 0.2) is 24.7 Å². The lowest BCUT2D eigenvalue weighted by molar-refractivity contribution is 0.768. The van der Waals surface area contributed by atoms with Crippen molar-refractivity contribution in [1.82, 2.24) is 24.7 Å². The molecule has 7 heteroatoms. The number of aromatic nitrogens is 5. The summed E-state index contributed by atoms with van der Waals surface area (Å²) in [5.74, 6) is 0.896. The second-order valence-corrected chi connectivity index (χ2v) is 3.70. The molecule has 0 aliphatic rings. The molecule has 0 aliphatic carbocycles. The molecule has 86 valence electrons. The van der Waals surface area contributed by atoms with Crippen molar-refractivity contribution in [2.75, 3.05) is 11.1 Å². The minimum atomic E-state index is 0.447. The Balaban J connectivity index is 2.00. The van der Waals surface area contributed by atoms with Gasteiger partial charge in [-0.25, -0.2) is 0 Å². The van der Waals surface area contributed by atoms with Crippen LogP contribution in [0, 0.1) is 0 Å². The SMILES string of the molecule is Cn1cc(Nc2nc(N)c3cc[nH]c3n2)cn1. The average Bonchev–Trinajstić information content (AvgIpc) is 2.87. The van der Waals surface area contributed by atoms with E-state index in [1.165, 1.54) is 0 Å². The Kier molecular flexibility index (Phi) is 1.97. The summed E-state index contributed by atoms with van der Waals surface area (Å²) in [5, 5.41) is 7.91. The predicted molar refractivity (Wildman–Crippen MR) is 64.8 cm³/mol. The van der Waals surface area contributed by atoms with Gasteiger partial charge in [-0.3, -0.25) is 4.68 Å². The number of nitrogens with zero attached hydrogens (tertiary/aromatic N) is 4. The van der Waals surface area contributed by atoms with E-state index in [0.717, 1.165) is 11.1 Å². The van der Waals surface area contributed by atoms with Crippen molar-refractivity contribution >= 4 is 28.5 Å². The predicted octanol–water partition coefficient (Wildman–Crippen LogP) is 1.02.